The van der Waals surface area contributed by atoms with E-state index in [2.05, 4.69) is 17.1 Å². The summed E-state index contributed by atoms with van der Waals surface area (Å²) in [7, 11) is 0. The molecule has 2 heterocycles. The molecule has 0 radical (unpaired) electrons. The molecule has 3 rings (SSSR count). The van der Waals surface area contributed by atoms with Gasteiger partial charge < -0.3 is 19.7 Å². The Bertz CT molecular complexity index is 618. The van der Waals surface area contributed by atoms with E-state index in [-0.39, 0.29) is 0 Å². The fourth-order valence-electron chi connectivity index (χ4n) is 3.42. The van der Waals surface area contributed by atoms with Gasteiger partial charge in [-0.1, -0.05) is 29.3 Å². The summed E-state index contributed by atoms with van der Waals surface area (Å²) in [6.45, 7) is 7.75. The molecule has 138 valence electrons. The van der Waals surface area contributed by atoms with Gasteiger partial charge >= 0.3 is 0 Å². The maximum Gasteiger partial charge on any atom is 0.194 e. The van der Waals surface area contributed by atoms with E-state index in [1.807, 2.05) is 12.1 Å². The van der Waals surface area contributed by atoms with Crippen LogP contribution in [0.4, 0.5) is 0 Å². The first-order valence-corrected chi connectivity index (χ1v) is 9.57. The van der Waals surface area contributed by atoms with Gasteiger partial charge in [-0.15, -0.1) is 0 Å². The number of hydrogen-bond donors (Lipinski definition) is 1. The lowest BCUT2D eigenvalue weighted by Gasteiger charge is -2.25. The van der Waals surface area contributed by atoms with Crippen molar-refractivity contribution in [1.82, 2.24) is 10.2 Å². The molecule has 1 aromatic rings. The van der Waals surface area contributed by atoms with Crippen molar-refractivity contribution in [3.05, 3.63) is 28.2 Å². The predicted octanol–water partition coefficient (Wildman–Crippen LogP) is 3.45. The van der Waals surface area contributed by atoms with Crippen molar-refractivity contribution < 1.29 is 9.47 Å². The Labute approximate surface area is 159 Å². The van der Waals surface area contributed by atoms with E-state index in [0.29, 0.717) is 34.4 Å². The van der Waals surface area contributed by atoms with Crippen LogP contribution in [0, 0.1) is 5.41 Å². The average molecular weight is 386 g/mol. The molecular weight excluding hydrogens is 361 g/mol. The fourth-order valence-corrected chi connectivity index (χ4v) is 3.76. The van der Waals surface area contributed by atoms with Crippen LogP contribution in [0.2, 0.25) is 10.0 Å². The van der Waals surface area contributed by atoms with Crippen LogP contribution in [0.3, 0.4) is 0 Å². The lowest BCUT2D eigenvalue weighted by molar-refractivity contribution is 0.156. The Balaban J connectivity index is 1.55. The Morgan fingerprint density at radius 3 is 3.04 bits per heavy atom. The van der Waals surface area contributed by atoms with Gasteiger partial charge in [-0.3, -0.25) is 0 Å². The predicted molar refractivity (Wildman–Crippen MR) is 102 cm³/mol. The molecule has 1 unspecified atom stereocenters. The summed E-state index contributed by atoms with van der Waals surface area (Å²) in [5.74, 6) is 1.55. The second-order valence-electron chi connectivity index (χ2n) is 6.61. The summed E-state index contributed by atoms with van der Waals surface area (Å²) in [4.78, 5) is 7.04. The van der Waals surface area contributed by atoms with Crippen LogP contribution in [0.1, 0.15) is 19.8 Å². The number of ether oxygens (including phenoxy) is 2. The molecule has 2 fully saturated rings. The molecule has 0 aromatic heterocycles. The molecule has 2 aliphatic heterocycles. The van der Waals surface area contributed by atoms with Gasteiger partial charge in [0.2, 0.25) is 0 Å². The maximum atomic E-state index is 6.13. The van der Waals surface area contributed by atoms with Gasteiger partial charge in [0.15, 0.2) is 5.96 Å². The van der Waals surface area contributed by atoms with Gasteiger partial charge in [-0.2, -0.15) is 0 Å². The van der Waals surface area contributed by atoms with Gasteiger partial charge in [-0.25, -0.2) is 4.99 Å². The third-order valence-electron chi connectivity index (χ3n) is 4.78. The second-order valence-corrected chi connectivity index (χ2v) is 7.40. The quantitative estimate of drug-likeness (QED) is 0.478. The number of nitrogens with zero attached hydrogens (tertiary/aromatic N) is 2. The monoisotopic (exact) mass is 385 g/mol. The van der Waals surface area contributed by atoms with Gasteiger partial charge in [0, 0.05) is 31.7 Å². The number of aliphatic imine (C=N–C) groups is 1. The van der Waals surface area contributed by atoms with Crippen molar-refractivity contribution in [2.45, 2.75) is 19.8 Å². The van der Waals surface area contributed by atoms with E-state index in [1.165, 1.54) is 6.42 Å². The van der Waals surface area contributed by atoms with Crippen LogP contribution in [0.5, 0.6) is 5.75 Å². The minimum absolute atomic E-state index is 0.320. The van der Waals surface area contributed by atoms with Crippen molar-refractivity contribution in [1.29, 1.82) is 0 Å². The van der Waals surface area contributed by atoms with E-state index >= 15 is 0 Å². The first kappa shape index (κ1) is 18.6. The smallest absolute Gasteiger partial charge is 0.194 e. The number of likely N-dealkylation sites (tertiary alicyclic amines) is 1. The first-order chi connectivity index (χ1) is 12.1. The lowest BCUT2D eigenvalue weighted by atomic mass is 9.87. The molecular formula is C18H25Cl2N3O2. The van der Waals surface area contributed by atoms with Crippen LogP contribution in [0.15, 0.2) is 23.2 Å². The van der Waals surface area contributed by atoms with Crippen molar-refractivity contribution in [3.63, 3.8) is 0 Å². The van der Waals surface area contributed by atoms with E-state index in [4.69, 9.17) is 37.7 Å². The molecule has 7 heteroatoms. The normalized spacial score (nSPS) is 23.5. The van der Waals surface area contributed by atoms with E-state index in [9.17, 15) is 0 Å². The Kier molecular flexibility index (Phi) is 6.31. The molecule has 0 bridgehead atoms. The van der Waals surface area contributed by atoms with Gasteiger partial charge in [0.1, 0.15) is 17.4 Å². The lowest BCUT2D eigenvalue weighted by Crippen LogP contribution is -2.41. The number of benzene rings is 1. The fraction of sp³-hybridized carbons (Fsp3) is 0.611. The molecule has 0 saturated carbocycles. The SMILES string of the molecule is CCNC(=NCCOc1cccc(Cl)c1Cl)N1CCC2(CCOC2)C1. The zero-order valence-corrected chi connectivity index (χ0v) is 16.1. The second kappa shape index (κ2) is 8.47. The molecule has 2 saturated heterocycles. The Morgan fingerprint density at radius 2 is 2.28 bits per heavy atom. The third kappa shape index (κ3) is 4.52. The highest BCUT2D eigenvalue weighted by atomic mass is 35.5. The van der Waals surface area contributed by atoms with Crippen LogP contribution in [0.25, 0.3) is 0 Å². The van der Waals surface area contributed by atoms with E-state index < -0.39 is 0 Å². The van der Waals surface area contributed by atoms with Crippen LogP contribution < -0.4 is 10.1 Å². The van der Waals surface area contributed by atoms with Crippen molar-refractivity contribution in [3.8, 4) is 5.75 Å². The number of rotatable bonds is 5. The summed E-state index contributed by atoms with van der Waals surface area (Å²) in [6, 6.07) is 5.38. The van der Waals surface area contributed by atoms with E-state index in [1.54, 1.807) is 6.07 Å². The molecule has 1 atom stereocenters. The van der Waals surface area contributed by atoms with Crippen molar-refractivity contribution >= 4 is 29.2 Å². The number of guanidine groups is 1. The number of nitrogens with one attached hydrogen (secondary N) is 1. The summed E-state index contributed by atoms with van der Waals surface area (Å²) in [5.41, 5.74) is 0.320. The van der Waals surface area contributed by atoms with Gasteiger partial charge in [0.05, 0.1) is 18.2 Å². The zero-order valence-electron chi connectivity index (χ0n) is 14.6. The largest absolute Gasteiger partial charge is 0.490 e. The number of halogens is 2. The minimum Gasteiger partial charge on any atom is -0.490 e. The topological polar surface area (TPSA) is 46.1 Å². The third-order valence-corrected chi connectivity index (χ3v) is 5.59. The average Bonchev–Trinajstić information content (AvgIpc) is 3.24. The van der Waals surface area contributed by atoms with Gasteiger partial charge in [-0.05, 0) is 31.9 Å². The molecule has 1 aromatic carbocycles. The highest BCUT2D eigenvalue weighted by Crippen LogP contribution is 2.38. The Morgan fingerprint density at radius 1 is 1.40 bits per heavy atom. The molecule has 25 heavy (non-hydrogen) atoms. The maximum absolute atomic E-state index is 6.13. The molecule has 1 N–H and O–H groups in total. The highest BCUT2D eigenvalue weighted by Gasteiger charge is 2.42. The highest BCUT2D eigenvalue weighted by molar-refractivity contribution is 6.42. The summed E-state index contributed by atoms with van der Waals surface area (Å²) in [5, 5.41) is 4.33. The summed E-state index contributed by atoms with van der Waals surface area (Å²) >= 11 is 12.1. The van der Waals surface area contributed by atoms with Crippen molar-refractivity contribution in [2.75, 3.05) is 46.0 Å². The minimum atomic E-state index is 0.320. The molecule has 1 spiro atoms. The molecule has 5 nitrogen and oxygen atoms in total. The number of hydrogen-bond acceptors (Lipinski definition) is 3. The molecule has 2 aliphatic rings. The van der Waals surface area contributed by atoms with E-state index in [0.717, 1.165) is 45.2 Å². The molecule has 0 amide bonds. The Hall–Kier alpha value is -1.17. The summed E-state index contributed by atoms with van der Waals surface area (Å²) < 4.78 is 11.3. The van der Waals surface area contributed by atoms with Crippen molar-refractivity contribution in [2.24, 2.45) is 10.4 Å². The molecule has 0 aliphatic carbocycles. The first-order valence-electron chi connectivity index (χ1n) is 8.81. The standard InChI is InChI=1S/C18H25Cl2N3O2/c1-2-21-17(23-9-6-18(12-23)7-10-24-13-18)22-8-11-25-15-5-3-4-14(19)16(15)20/h3-5H,2,6-13H2,1H3,(H,21,22). The summed E-state index contributed by atoms with van der Waals surface area (Å²) in [6.07, 6.45) is 2.32. The zero-order chi connectivity index (χ0) is 17.7. The van der Waals surface area contributed by atoms with Crippen LogP contribution >= 0.6 is 23.2 Å². The van der Waals surface area contributed by atoms with Crippen LogP contribution in [-0.4, -0.2) is 56.9 Å². The van der Waals surface area contributed by atoms with Gasteiger partial charge in [0.25, 0.3) is 0 Å². The van der Waals surface area contributed by atoms with Crippen LogP contribution in [-0.2, 0) is 4.74 Å².